The third-order valence-corrected chi connectivity index (χ3v) is 19.7. The molecule has 0 spiro atoms. The highest BCUT2D eigenvalue weighted by Gasteiger charge is 2.41. The van der Waals surface area contributed by atoms with E-state index in [1.807, 2.05) is 24.3 Å². The van der Waals surface area contributed by atoms with Crippen LogP contribution in [0.5, 0.6) is 17.2 Å². The summed E-state index contributed by atoms with van der Waals surface area (Å²) in [7, 11) is -3.23. The van der Waals surface area contributed by atoms with Gasteiger partial charge in [-0.2, -0.15) is 0 Å². The number of nitrogens with one attached hydrogen (secondary N) is 5. The number of nitrogens with zero attached hydrogens (tertiary/aromatic N) is 7. The first-order valence-corrected chi connectivity index (χ1v) is 30.5. The number of aryl methyl sites for hydroxylation is 2. The molecule has 422 valence electrons. The molecule has 2 saturated heterocycles. The van der Waals surface area contributed by atoms with E-state index in [1.54, 1.807) is 32.0 Å². The van der Waals surface area contributed by atoms with Crippen LogP contribution in [0.3, 0.4) is 0 Å². The second kappa shape index (κ2) is 27.6. The van der Waals surface area contributed by atoms with Gasteiger partial charge in [0.1, 0.15) is 34.1 Å². The summed E-state index contributed by atoms with van der Waals surface area (Å²) in [6, 6.07) is 13.1. The van der Waals surface area contributed by atoms with Crippen LogP contribution in [0.4, 0.5) is 15.4 Å². The molecule has 11 rings (SSSR count). The normalized spacial score (nSPS) is 18.5. The lowest BCUT2D eigenvalue weighted by Crippen LogP contribution is -2.51. The van der Waals surface area contributed by atoms with E-state index in [0.29, 0.717) is 70.3 Å². The fourth-order valence-corrected chi connectivity index (χ4v) is 15.2. The van der Waals surface area contributed by atoms with Gasteiger partial charge in [-0.3, -0.25) is 4.90 Å². The number of carbonyl (C=O) groups is 2. The van der Waals surface area contributed by atoms with Crippen molar-refractivity contribution in [1.82, 2.24) is 46.1 Å². The number of aromatic nitrogens is 6. The maximum atomic E-state index is 11.6. The molecule has 3 aromatic heterocycles. The highest BCUT2D eigenvalue weighted by atomic mass is 32.2. The summed E-state index contributed by atoms with van der Waals surface area (Å²) in [6.07, 6.45) is 1.58. The number of hydrogen-bond donors (Lipinski definition) is 12. The fourth-order valence-electron chi connectivity index (χ4n) is 8.89. The first-order chi connectivity index (χ1) is 38.6. The third kappa shape index (κ3) is 15.0. The van der Waals surface area contributed by atoms with Crippen molar-refractivity contribution in [2.24, 2.45) is 5.73 Å². The van der Waals surface area contributed by atoms with Gasteiger partial charge in [-0.25, -0.2) is 9.59 Å². The monoisotopic (exact) mass is 1210 g/mol. The van der Waals surface area contributed by atoms with E-state index in [1.165, 1.54) is 69.3 Å². The van der Waals surface area contributed by atoms with Crippen LogP contribution in [0.2, 0.25) is 0 Å². The Morgan fingerprint density at radius 1 is 0.675 bits per heavy atom. The van der Waals surface area contributed by atoms with Gasteiger partial charge in [0.2, 0.25) is 15.4 Å². The van der Waals surface area contributed by atoms with E-state index in [-0.39, 0.29) is 43.8 Å². The molecule has 3 atom stereocenters. The predicted octanol–water partition coefficient (Wildman–Crippen LogP) is 3.57. The van der Waals surface area contributed by atoms with Gasteiger partial charge in [0.25, 0.3) is 0 Å². The highest BCUT2D eigenvalue weighted by Crippen LogP contribution is 2.42. The Morgan fingerprint density at radius 2 is 1.14 bits per heavy atom. The van der Waals surface area contributed by atoms with Crippen LogP contribution < -0.4 is 46.3 Å². The number of carboxylic acids is 2. The van der Waals surface area contributed by atoms with Crippen molar-refractivity contribution in [1.29, 1.82) is 0 Å². The number of aliphatic hydroxyl groups excluding tert-OH is 1. The second-order valence-electron chi connectivity index (χ2n) is 18.8. The minimum absolute atomic E-state index is 0.0690. The molecule has 80 heavy (non-hydrogen) atoms. The predicted molar refractivity (Wildman–Crippen MR) is 316 cm³/mol. The van der Waals surface area contributed by atoms with Crippen molar-refractivity contribution in [2.75, 3.05) is 81.4 Å². The van der Waals surface area contributed by atoms with Crippen LogP contribution >= 0.6 is 69.3 Å². The minimum Gasteiger partial charge on any atom is -0.535 e. The maximum absolute atomic E-state index is 11.6. The molecular weight excluding hydrogens is 1150 g/mol. The van der Waals surface area contributed by atoms with Crippen molar-refractivity contribution < 1.29 is 53.9 Å². The summed E-state index contributed by atoms with van der Waals surface area (Å²) in [6.45, 7) is 15.9. The number of nitrogens with two attached hydrogens (primary N) is 1. The van der Waals surface area contributed by atoms with E-state index in [0.717, 1.165) is 88.0 Å². The number of aliphatic hydroxyl groups is 1. The standard InChI is InChI=1S/C18H24BN5O4S2.C15H17BN4O3S2.C14H17BN4O4S2/c1-11-2-3-12-10-13(19(27)28-15(12)14(11)16(25)26)29-18-23-22-17(30-18)21-6-9-24-7-4-20-5-8-24;1-8(21)11-4-2-3-9-5-12(16(22)23-13(9)11)24-15-20-19-14(25-15)18-10-6-17-7-10;1-7-2-3-8-6-9(15(22)23-11(8)10(7)12(20)21)24-14-19-18-13(25-14)17-5-4-16/h2-3,13,20,27H,4-10H2,1H3,(H,21,22)(H,25,26);2-4,10,12,17,21-22H,1,5-7H2,(H,18,19);2-3,9,22H,4-6,16H2,1H3,(H,17,18)(H,20,21)/t13-;12-;9-/m000/s1. The Labute approximate surface area is 486 Å². The van der Waals surface area contributed by atoms with E-state index in [4.69, 9.17) is 19.7 Å². The average Bonchev–Trinajstić information content (AvgIpc) is 4.21. The summed E-state index contributed by atoms with van der Waals surface area (Å²) in [5.41, 5.74) is 9.84. The zero-order valence-electron chi connectivity index (χ0n) is 43.4. The molecule has 8 heterocycles. The Morgan fingerprint density at radius 3 is 1.60 bits per heavy atom. The topological polar surface area (TPSA) is 350 Å². The quantitative estimate of drug-likeness (QED) is 0.0432. The van der Waals surface area contributed by atoms with Crippen LogP contribution in [-0.2, 0) is 19.3 Å². The first-order valence-electron chi connectivity index (χ1n) is 25.4. The zero-order valence-corrected chi connectivity index (χ0v) is 48.3. The summed E-state index contributed by atoms with van der Waals surface area (Å²) in [5, 5.41) is 102. The Bertz CT molecular complexity index is 3140. The molecule has 2 fully saturated rings. The fraction of sp³-hybridized carbons (Fsp3) is 0.404. The van der Waals surface area contributed by atoms with Crippen LogP contribution in [0.1, 0.15) is 54.1 Å². The minimum atomic E-state index is -1.12. The molecule has 5 aliphatic heterocycles. The van der Waals surface area contributed by atoms with Gasteiger partial charge in [-0.1, -0.05) is 112 Å². The van der Waals surface area contributed by atoms with Gasteiger partial charge in [0.05, 0.1) is 27.1 Å². The van der Waals surface area contributed by atoms with Gasteiger partial charge >= 0.3 is 33.3 Å². The number of piperazine rings is 1. The number of rotatable bonds is 18. The molecular formula is C47H58B3N13O11S6. The number of fused-ring (bicyclic) bond motifs is 3. The number of carboxylic acid groups (broad SMARTS) is 2. The molecule has 0 amide bonds. The van der Waals surface area contributed by atoms with Crippen molar-refractivity contribution in [3.63, 3.8) is 0 Å². The molecule has 0 aliphatic carbocycles. The van der Waals surface area contributed by atoms with Crippen molar-refractivity contribution >= 4 is 124 Å². The Kier molecular flexibility index (Phi) is 20.4. The smallest absolute Gasteiger partial charge is 0.535 e. The molecule has 33 heteroatoms. The van der Waals surface area contributed by atoms with Crippen molar-refractivity contribution in [3.05, 3.63) is 93.6 Å². The van der Waals surface area contributed by atoms with Gasteiger partial charge in [-0.05, 0) is 67.0 Å². The van der Waals surface area contributed by atoms with Crippen LogP contribution in [0.25, 0.3) is 5.76 Å². The zero-order chi connectivity index (χ0) is 56.5. The number of aromatic carboxylic acids is 2. The van der Waals surface area contributed by atoms with Gasteiger partial charge < -0.3 is 76.7 Å². The maximum Gasteiger partial charge on any atom is 0.537 e. The number of benzene rings is 3. The molecule has 0 radical (unpaired) electrons. The van der Waals surface area contributed by atoms with E-state index in [2.05, 4.69) is 68.7 Å². The van der Waals surface area contributed by atoms with Gasteiger partial charge in [0, 0.05) is 65.4 Å². The summed E-state index contributed by atoms with van der Waals surface area (Å²) >= 11 is 8.51. The van der Waals surface area contributed by atoms with E-state index in [9.17, 15) is 40.0 Å². The molecule has 0 bridgehead atoms. The molecule has 0 saturated carbocycles. The van der Waals surface area contributed by atoms with Crippen LogP contribution in [0, 0.1) is 13.8 Å². The SMILES string of the molecule is C=C(O)c1cccc2c1OB(O)[C@@H](Sc1nnc(NC3CNC3)s1)C2.Cc1ccc2c(c1C(=O)O)OB(O)[C@@H](Sc1nnc(NCCN)s1)C2.Cc1ccc2c(c1C(=O)O)OB(O)[C@@H](Sc1nnc(NCCN3CCNCC3)s1)C2. The molecule has 24 nitrogen and oxygen atoms in total. The second-order valence-corrected chi connectivity index (χ2v) is 26.2. The summed E-state index contributed by atoms with van der Waals surface area (Å²) < 4.78 is 19.0. The summed E-state index contributed by atoms with van der Waals surface area (Å²) in [4.78, 5) is 25.4. The van der Waals surface area contributed by atoms with E-state index < -0.39 is 33.3 Å². The third-order valence-electron chi connectivity index (χ3n) is 13.1. The van der Waals surface area contributed by atoms with Crippen molar-refractivity contribution in [2.45, 2.75) is 67.6 Å². The highest BCUT2D eigenvalue weighted by molar-refractivity contribution is 8.03. The van der Waals surface area contributed by atoms with Gasteiger partial charge in [0.15, 0.2) is 13.0 Å². The number of hydrogen-bond acceptors (Lipinski definition) is 28. The molecule has 5 aliphatic rings. The van der Waals surface area contributed by atoms with Crippen LogP contribution in [-0.4, -0.2) is 186 Å². The lowest BCUT2D eigenvalue weighted by atomic mass is 9.77. The largest absolute Gasteiger partial charge is 0.537 e. The summed E-state index contributed by atoms with van der Waals surface area (Å²) in [5.74, 6) is -1.17. The lowest BCUT2D eigenvalue weighted by Gasteiger charge is -2.28. The average molecular weight is 1210 g/mol. The Hall–Kier alpha value is -5.42. The number of anilines is 3. The molecule has 3 aromatic carbocycles. The van der Waals surface area contributed by atoms with Crippen molar-refractivity contribution in [3.8, 4) is 17.2 Å². The number of thioether (sulfide) groups is 3. The molecule has 6 aromatic rings. The molecule has 13 N–H and O–H groups in total. The van der Waals surface area contributed by atoms with E-state index >= 15 is 0 Å². The lowest BCUT2D eigenvalue weighted by molar-refractivity contribution is 0.0682. The Balaban J connectivity index is 0.000000146. The molecule has 0 unspecified atom stereocenters. The first kappa shape index (κ1) is 59.2. The van der Waals surface area contributed by atoms with Gasteiger partial charge in [-0.15, -0.1) is 30.6 Å². The van der Waals surface area contributed by atoms with Crippen LogP contribution in [0.15, 0.2) is 62.1 Å². The number of para-hydroxylation sites is 1.